The van der Waals surface area contributed by atoms with Crippen LogP contribution in [0, 0.1) is 11.3 Å². The van der Waals surface area contributed by atoms with Crippen LogP contribution in [-0.4, -0.2) is 19.1 Å². The molecule has 1 aliphatic heterocycles. The van der Waals surface area contributed by atoms with E-state index in [9.17, 15) is 23.2 Å². The molecular formula is C20H15F3N2O3. The SMILES string of the molecule is N#C/C(=C/c1cccc2c1OCCCO2)C(=O)Nc1ccccc1C(F)(F)F. The molecular weight excluding hydrogens is 373 g/mol. The van der Waals surface area contributed by atoms with Gasteiger partial charge in [0.25, 0.3) is 5.91 Å². The molecule has 0 bridgehead atoms. The summed E-state index contributed by atoms with van der Waals surface area (Å²) in [5.41, 5.74) is -1.35. The van der Waals surface area contributed by atoms with Crippen molar-refractivity contribution in [3.8, 4) is 17.6 Å². The van der Waals surface area contributed by atoms with E-state index in [-0.39, 0.29) is 5.57 Å². The van der Waals surface area contributed by atoms with Crippen molar-refractivity contribution in [2.45, 2.75) is 12.6 Å². The third-order valence-electron chi connectivity index (χ3n) is 3.95. The molecule has 1 heterocycles. The van der Waals surface area contributed by atoms with E-state index in [4.69, 9.17) is 9.47 Å². The summed E-state index contributed by atoms with van der Waals surface area (Å²) in [4.78, 5) is 12.4. The third kappa shape index (κ3) is 4.26. The molecule has 0 fully saturated rings. The number of para-hydroxylation sites is 2. The Morgan fingerprint density at radius 3 is 2.61 bits per heavy atom. The number of amides is 1. The number of benzene rings is 2. The number of halogens is 3. The van der Waals surface area contributed by atoms with Gasteiger partial charge in [0.1, 0.15) is 11.6 Å². The van der Waals surface area contributed by atoms with Crippen LogP contribution < -0.4 is 14.8 Å². The van der Waals surface area contributed by atoms with Crippen molar-refractivity contribution in [2.75, 3.05) is 18.5 Å². The van der Waals surface area contributed by atoms with Crippen molar-refractivity contribution in [1.82, 2.24) is 0 Å². The zero-order valence-electron chi connectivity index (χ0n) is 14.5. The average molecular weight is 388 g/mol. The van der Waals surface area contributed by atoms with Crippen molar-refractivity contribution in [3.05, 3.63) is 59.2 Å². The van der Waals surface area contributed by atoms with Crippen LogP contribution in [0.2, 0.25) is 0 Å². The Morgan fingerprint density at radius 2 is 1.86 bits per heavy atom. The second-order valence-corrected chi connectivity index (χ2v) is 5.89. The molecule has 1 aliphatic rings. The normalized spacial score (nSPS) is 14.0. The van der Waals surface area contributed by atoms with Crippen LogP contribution in [0.15, 0.2) is 48.0 Å². The topological polar surface area (TPSA) is 71.3 Å². The Morgan fingerprint density at radius 1 is 1.11 bits per heavy atom. The van der Waals surface area contributed by atoms with E-state index in [1.54, 1.807) is 24.3 Å². The average Bonchev–Trinajstić information content (AvgIpc) is 2.91. The lowest BCUT2D eigenvalue weighted by Gasteiger charge is -2.13. The maximum Gasteiger partial charge on any atom is 0.418 e. The smallest absolute Gasteiger partial charge is 0.418 e. The summed E-state index contributed by atoms with van der Waals surface area (Å²) >= 11 is 0. The molecule has 0 radical (unpaired) electrons. The second-order valence-electron chi connectivity index (χ2n) is 5.89. The van der Waals surface area contributed by atoms with E-state index >= 15 is 0 Å². The van der Waals surface area contributed by atoms with Gasteiger partial charge in [-0.2, -0.15) is 18.4 Å². The molecule has 0 aliphatic carbocycles. The predicted molar refractivity (Wildman–Crippen MR) is 95.7 cm³/mol. The van der Waals surface area contributed by atoms with Gasteiger partial charge in [0.05, 0.1) is 24.5 Å². The first kappa shape index (κ1) is 19.3. The summed E-state index contributed by atoms with van der Waals surface area (Å²) in [6.07, 6.45) is -2.70. The number of hydrogen-bond donors (Lipinski definition) is 1. The van der Waals surface area contributed by atoms with Gasteiger partial charge in [-0.1, -0.05) is 24.3 Å². The van der Waals surface area contributed by atoms with Crippen molar-refractivity contribution >= 4 is 17.7 Å². The summed E-state index contributed by atoms with van der Waals surface area (Å²) < 4.78 is 50.5. The fourth-order valence-corrected chi connectivity index (χ4v) is 2.66. The number of nitriles is 1. The first-order valence-corrected chi connectivity index (χ1v) is 8.38. The van der Waals surface area contributed by atoms with Crippen molar-refractivity contribution in [3.63, 3.8) is 0 Å². The Labute approximate surface area is 159 Å². The lowest BCUT2D eigenvalue weighted by atomic mass is 10.1. The van der Waals surface area contributed by atoms with Crippen LogP contribution in [0.5, 0.6) is 11.5 Å². The standard InChI is InChI=1S/C20H15F3N2O3/c21-20(22,23)15-6-1-2-7-16(15)25-19(26)14(12-24)11-13-5-3-8-17-18(13)28-10-4-9-27-17/h1-3,5-8,11H,4,9-10H2,(H,25,26)/b14-11-. The van der Waals surface area contributed by atoms with Crippen LogP contribution in [0.25, 0.3) is 6.08 Å². The minimum atomic E-state index is -4.64. The van der Waals surface area contributed by atoms with Gasteiger partial charge >= 0.3 is 6.18 Å². The highest BCUT2D eigenvalue weighted by Crippen LogP contribution is 2.36. The Kier molecular flexibility index (Phi) is 5.54. The lowest BCUT2D eigenvalue weighted by molar-refractivity contribution is -0.137. The van der Waals surface area contributed by atoms with Gasteiger partial charge in [-0.3, -0.25) is 4.79 Å². The summed E-state index contributed by atoms with van der Waals surface area (Å²) in [5, 5.41) is 11.5. The van der Waals surface area contributed by atoms with Gasteiger partial charge in [0.15, 0.2) is 11.5 Å². The number of ether oxygens (including phenoxy) is 2. The minimum Gasteiger partial charge on any atom is -0.490 e. The Balaban J connectivity index is 1.91. The largest absolute Gasteiger partial charge is 0.490 e. The van der Waals surface area contributed by atoms with Gasteiger partial charge in [0.2, 0.25) is 0 Å². The van der Waals surface area contributed by atoms with Crippen LogP contribution in [-0.2, 0) is 11.0 Å². The van der Waals surface area contributed by atoms with Crippen LogP contribution in [0.1, 0.15) is 17.5 Å². The second kappa shape index (κ2) is 8.05. The highest BCUT2D eigenvalue weighted by Gasteiger charge is 2.33. The van der Waals surface area contributed by atoms with E-state index in [0.717, 1.165) is 12.1 Å². The molecule has 2 aromatic rings. The number of carbonyl (C=O) groups is 1. The molecule has 0 unspecified atom stereocenters. The van der Waals surface area contributed by atoms with Crippen molar-refractivity contribution in [2.24, 2.45) is 0 Å². The van der Waals surface area contributed by atoms with Crippen molar-refractivity contribution < 1.29 is 27.4 Å². The number of nitrogens with one attached hydrogen (secondary N) is 1. The molecule has 0 spiro atoms. The van der Waals surface area contributed by atoms with Crippen LogP contribution in [0.3, 0.4) is 0 Å². The molecule has 1 amide bonds. The first-order chi connectivity index (χ1) is 13.4. The first-order valence-electron chi connectivity index (χ1n) is 8.38. The molecule has 28 heavy (non-hydrogen) atoms. The monoisotopic (exact) mass is 388 g/mol. The minimum absolute atomic E-state index is 0.363. The van der Waals surface area contributed by atoms with Crippen LogP contribution in [0.4, 0.5) is 18.9 Å². The van der Waals surface area contributed by atoms with E-state index < -0.39 is 23.3 Å². The molecule has 1 N–H and O–H groups in total. The number of rotatable bonds is 3. The molecule has 0 saturated heterocycles. The van der Waals surface area contributed by atoms with Crippen molar-refractivity contribution in [1.29, 1.82) is 5.26 Å². The zero-order valence-corrected chi connectivity index (χ0v) is 14.5. The van der Waals surface area contributed by atoms with E-state index in [2.05, 4.69) is 5.32 Å². The molecule has 144 valence electrons. The molecule has 0 saturated carbocycles. The third-order valence-corrected chi connectivity index (χ3v) is 3.95. The summed E-state index contributed by atoms with van der Waals surface area (Å²) in [6, 6.07) is 11.3. The molecule has 0 aromatic heterocycles. The molecule has 2 aromatic carbocycles. The molecule has 3 rings (SSSR count). The summed E-state index contributed by atoms with van der Waals surface area (Å²) in [5.74, 6) is -0.0889. The highest BCUT2D eigenvalue weighted by molar-refractivity contribution is 6.10. The molecule has 0 atom stereocenters. The molecule has 8 heteroatoms. The lowest BCUT2D eigenvalue weighted by Crippen LogP contribution is -2.17. The number of carbonyl (C=O) groups excluding carboxylic acids is 1. The van der Waals surface area contributed by atoms with E-state index in [1.807, 2.05) is 0 Å². The highest BCUT2D eigenvalue weighted by atomic mass is 19.4. The maximum absolute atomic E-state index is 13.1. The Bertz CT molecular complexity index is 962. The fourth-order valence-electron chi connectivity index (χ4n) is 2.66. The fraction of sp³-hybridized carbons (Fsp3) is 0.200. The van der Waals surface area contributed by atoms with E-state index in [0.29, 0.717) is 36.7 Å². The number of fused-ring (bicyclic) bond motifs is 1. The number of alkyl halides is 3. The predicted octanol–water partition coefficient (Wildman–Crippen LogP) is 4.41. The van der Waals surface area contributed by atoms with Gasteiger partial charge < -0.3 is 14.8 Å². The Hall–Kier alpha value is -3.47. The van der Waals surface area contributed by atoms with Gasteiger partial charge in [0, 0.05) is 12.0 Å². The quantitative estimate of drug-likeness (QED) is 0.624. The van der Waals surface area contributed by atoms with Gasteiger partial charge in [-0.05, 0) is 24.3 Å². The van der Waals surface area contributed by atoms with Gasteiger partial charge in [-0.15, -0.1) is 0 Å². The summed E-state index contributed by atoms with van der Waals surface area (Å²) in [7, 11) is 0. The maximum atomic E-state index is 13.1. The number of nitrogens with zero attached hydrogens (tertiary/aromatic N) is 1. The van der Waals surface area contributed by atoms with Crippen LogP contribution >= 0.6 is 0 Å². The molecule has 5 nitrogen and oxygen atoms in total. The number of anilines is 1. The number of hydrogen-bond acceptors (Lipinski definition) is 4. The summed E-state index contributed by atoms with van der Waals surface area (Å²) in [6.45, 7) is 0.880. The van der Waals surface area contributed by atoms with Gasteiger partial charge in [-0.25, -0.2) is 0 Å². The zero-order chi connectivity index (χ0) is 20.1. The van der Waals surface area contributed by atoms with E-state index in [1.165, 1.54) is 18.2 Å².